The molecule has 102 valence electrons. The number of hydrogen-bond acceptors (Lipinski definition) is 3. The predicted octanol–water partition coefficient (Wildman–Crippen LogP) is 2.42. The molecule has 1 N–H and O–H groups in total. The molecule has 0 aromatic heterocycles. The van der Waals surface area contributed by atoms with Crippen LogP contribution in [0.3, 0.4) is 0 Å². The van der Waals surface area contributed by atoms with Crippen molar-refractivity contribution in [2.75, 3.05) is 6.54 Å². The summed E-state index contributed by atoms with van der Waals surface area (Å²) in [7, 11) is 0. The number of ether oxygens (including phenoxy) is 1. The average molecular weight is 255 g/mol. The summed E-state index contributed by atoms with van der Waals surface area (Å²) in [5.74, 6) is -0.342. The summed E-state index contributed by atoms with van der Waals surface area (Å²) in [5, 5.41) is 9.03. The lowest BCUT2D eigenvalue weighted by Gasteiger charge is -2.32. The molecule has 1 aliphatic rings. The van der Waals surface area contributed by atoms with Crippen LogP contribution in [0.5, 0.6) is 0 Å². The second-order valence-corrected chi connectivity index (χ2v) is 5.43. The van der Waals surface area contributed by atoms with Crippen molar-refractivity contribution in [1.29, 1.82) is 0 Å². The largest absolute Gasteiger partial charge is 0.465 e. The Morgan fingerprint density at radius 2 is 2.11 bits per heavy atom. The molecule has 1 amide bonds. The maximum Gasteiger partial charge on any atom is 0.407 e. The number of carbonyl (C=O) groups is 2. The monoisotopic (exact) mass is 255 g/mol. The summed E-state index contributed by atoms with van der Waals surface area (Å²) in [6.07, 6.45) is 1.82. The number of amides is 1. The lowest BCUT2D eigenvalue weighted by atomic mass is 9.98. The lowest BCUT2D eigenvalue weighted by molar-refractivity contribution is -0.150. The fourth-order valence-electron chi connectivity index (χ4n) is 1.91. The van der Waals surface area contributed by atoms with Crippen LogP contribution in [0.1, 0.15) is 40.5 Å². The minimum Gasteiger partial charge on any atom is -0.465 e. The molecule has 0 bridgehead atoms. The van der Waals surface area contributed by atoms with Crippen LogP contribution in [0.2, 0.25) is 0 Å². The Labute approximate surface area is 107 Å². The highest BCUT2D eigenvalue weighted by atomic mass is 16.6. The molecule has 0 fully saturated rings. The van der Waals surface area contributed by atoms with Crippen LogP contribution in [0.4, 0.5) is 4.79 Å². The van der Waals surface area contributed by atoms with Crippen LogP contribution in [0.25, 0.3) is 0 Å². The highest BCUT2D eigenvalue weighted by Gasteiger charge is 2.30. The zero-order valence-electron chi connectivity index (χ0n) is 11.4. The van der Waals surface area contributed by atoms with E-state index in [0.717, 1.165) is 0 Å². The van der Waals surface area contributed by atoms with Crippen LogP contribution >= 0.6 is 0 Å². The molecule has 0 aromatic rings. The van der Waals surface area contributed by atoms with E-state index >= 15 is 0 Å². The van der Waals surface area contributed by atoms with E-state index < -0.39 is 11.7 Å². The summed E-state index contributed by atoms with van der Waals surface area (Å²) < 4.78 is 5.29. The molecule has 5 heteroatoms. The van der Waals surface area contributed by atoms with Gasteiger partial charge in [-0.1, -0.05) is 13.0 Å². The van der Waals surface area contributed by atoms with Crippen LogP contribution in [-0.2, 0) is 9.53 Å². The molecule has 18 heavy (non-hydrogen) atoms. The van der Waals surface area contributed by atoms with Gasteiger partial charge in [0.15, 0.2) is 0 Å². The third-order valence-corrected chi connectivity index (χ3v) is 2.81. The van der Waals surface area contributed by atoms with Crippen LogP contribution in [0.15, 0.2) is 11.6 Å². The van der Waals surface area contributed by atoms with Gasteiger partial charge in [0.25, 0.3) is 0 Å². The maximum atomic E-state index is 11.9. The summed E-state index contributed by atoms with van der Waals surface area (Å²) in [6.45, 7) is 7.61. The highest BCUT2D eigenvalue weighted by Crippen LogP contribution is 2.23. The number of rotatable bonds is 2. The van der Waals surface area contributed by atoms with Crippen molar-refractivity contribution < 1.29 is 19.4 Å². The van der Waals surface area contributed by atoms with Crippen molar-refractivity contribution in [3.05, 3.63) is 11.6 Å². The van der Waals surface area contributed by atoms with E-state index in [0.29, 0.717) is 18.4 Å². The SMILES string of the molecule is CC[C@@H]1CC(C(=O)OC(C)(C)C)=CCN1C(=O)O. The Bertz CT molecular complexity index is 368. The molecule has 1 rings (SSSR count). The predicted molar refractivity (Wildman–Crippen MR) is 67.4 cm³/mol. The molecule has 1 aliphatic heterocycles. The van der Waals surface area contributed by atoms with Gasteiger partial charge in [-0.25, -0.2) is 9.59 Å². The summed E-state index contributed by atoms with van der Waals surface area (Å²) in [6, 6.07) is -0.144. The molecule has 0 saturated heterocycles. The highest BCUT2D eigenvalue weighted by molar-refractivity contribution is 5.89. The normalized spacial score (nSPS) is 20.3. The molecular weight excluding hydrogens is 234 g/mol. The number of hydrogen-bond donors (Lipinski definition) is 1. The van der Waals surface area contributed by atoms with E-state index in [-0.39, 0.29) is 18.6 Å². The second kappa shape index (κ2) is 5.42. The van der Waals surface area contributed by atoms with Gasteiger partial charge in [-0.05, 0) is 33.6 Å². The Balaban J connectivity index is 2.76. The van der Waals surface area contributed by atoms with Gasteiger partial charge in [-0.2, -0.15) is 0 Å². The molecule has 0 radical (unpaired) electrons. The molecule has 0 aliphatic carbocycles. The molecule has 1 heterocycles. The molecule has 0 unspecified atom stereocenters. The Hall–Kier alpha value is -1.52. The zero-order chi connectivity index (χ0) is 13.9. The van der Waals surface area contributed by atoms with Crippen molar-refractivity contribution >= 4 is 12.1 Å². The quantitative estimate of drug-likeness (QED) is 0.769. The van der Waals surface area contributed by atoms with Crippen LogP contribution in [0, 0.1) is 0 Å². The van der Waals surface area contributed by atoms with Crippen molar-refractivity contribution in [3.63, 3.8) is 0 Å². The minimum absolute atomic E-state index is 0.144. The average Bonchev–Trinajstić information content (AvgIpc) is 2.25. The molecule has 5 nitrogen and oxygen atoms in total. The van der Waals surface area contributed by atoms with E-state index in [9.17, 15) is 9.59 Å². The maximum absolute atomic E-state index is 11.9. The van der Waals surface area contributed by atoms with E-state index in [2.05, 4.69) is 0 Å². The summed E-state index contributed by atoms with van der Waals surface area (Å²) >= 11 is 0. The van der Waals surface area contributed by atoms with Crippen molar-refractivity contribution in [1.82, 2.24) is 4.90 Å². The van der Waals surface area contributed by atoms with Crippen LogP contribution in [-0.4, -0.2) is 40.3 Å². The fourth-order valence-corrected chi connectivity index (χ4v) is 1.91. The first-order valence-electron chi connectivity index (χ1n) is 6.16. The standard InChI is InChI=1S/C13H21NO4/c1-5-10-8-9(6-7-14(10)12(16)17)11(15)18-13(2,3)4/h6,10H,5,7-8H2,1-4H3,(H,16,17)/t10-/m1/s1. The molecule has 0 spiro atoms. The van der Waals surface area contributed by atoms with Crippen molar-refractivity contribution in [3.8, 4) is 0 Å². The first-order valence-corrected chi connectivity index (χ1v) is 6.16. The Kier molecular flexibility index (Phi) is 4.38. The van der Waals surface area contributed by atoms with Gasteiger partial charge in [0.2, 0.25) is 0 Å². The van der Waals surface area contributed by atoms with E-state index in [1.165, 1.54) is 4.90 Å². The Morgan fingerprint density at radius 1 is 1.50 bits per heavy atom. The topological polar surface area (TPSA) is 66.8 Å². The van der Waals surface area contributed by atoms with Gasteiger partial charge < -0.3 is 14.7 Å². The van der Waals surface area contributed by atoms with Crippen molar-refractivity contribution in [2.24, 2.45) is 0 Å². The van der Waals surface area contributed by atoms with E-state index in [4.69, 9.17) is 9.84 Å². The number of nitrogens with zero attached hydrogens (tertiary/aromatic N) is 1. The summed E-state index contributed by atoms with van der Waals surface area (Å²) in [4.78, 5) is 24.3. The zero-order valence-corrected chi connectivity index (χ0v) is 11.4. The smallest absolute Gasteiger partial charge is 0.407 e. The van der Waals surface area contributed by atoms with Crippen molar-refractivity contribution in [2.45, 2.75) is 52.2 Å². The van der Waals surface area contributed by atoms with Gasteiger partial charge >= 0.3 is 12.1 Å². The third kappa shape index (κ3) is 3.75. The fraction of sp³-hybridized carbons (Fsp3) is 0.692. The Morgan fingerprint density at radius 3 is 2.56 bits per heavy atom. The second-order valence-electron chi connectivity index (χ2n) is 5.43. The summed E-state index contributed by atoms with van der Waals surface area (Å²) in [5.41, 5.74) is 0.0538. The minimum atomic E-state index is -0.943. The molecule has 1 atom stereocenters. The number of esters is 1. The van der Waals surface area contributed by atoms with E-state index in [1.54, 1.807) is 6.08 Å². The number of carbonyl (C=O) groups excluding carboxylic acids is 1. The molecular formula is C13H21NO4. The van der Waals surface area contributed by atoms with Gasteiger partial charge in [0, 0.05) is 18.2 Å². The van der Waals surface area contributed by atoms with E-state index in [1.807, 2.05) is 27.7 Å². The molecule has 0 saturated carbocycles. The number of carboxylic acid groups (broad SMARTS) is 1. The first-order chi connectivity index (χ1) is 8.24. The first kappa shape index (κ1) is 14.5. The van der Waals surface area contributed by atoms with Crippen LogP contribution < -0.4 is 0 Å². The molecule has 0 aromatic carbocycles. The van der Waals surface area contributed by atoms with Gasteiger partial charge in [-0.3, -0.25) is 0 Å². The third-order valence-electron chi connectivity index (χ3n) is 2.81. The van der Waals surface area contributed by atoms with Gasteiger partial charge in [0.1, 0.15) is 5.60 Å². The van der Waals surface area contributed by atoms with Gasteiger partial charge in [0.05, 0.1) is 0 Å². The van der Waals surface area contributed by atoms with Gasteiger partial charge in [-0.15, -0.1) is 0 Å². The lowest BCUT2D eigenvalue weighted by Crippen LogP contribution is -2.43.